The number of oxime groups is 1. The number of nitrogens with zero attached hydrogens (tertiary/aromatic N) is 2. The summed E-state index contributed by atoms with van der Waals surface area (Å²) < 4.78 is 29.1. The predicted molar refractivity (Wildman–Crippen MR) is 102 cm³/mol. The molecule has 2 aromatic carbocycles. The van der Waals surface area contributed by atoms with E-state index in [0.717, 1.165) is 15.4 Å². The molecule has 0 radical (unpaired) electrons. The first kappa shape index (κ1) is 19.4. The van der Waals surface area contributed by atoms with E-state index in [1.807, 2.05) is 31.6 Å². The summed E-state index contributed by atoms with van der Waals surface area (Å²) in [6.45, 7) is 1.85. The van der Waals surface area contributed by atoms with E-state index in [4.69, 9.17) is 4.28 Å². The standard InChI is InChI=1S/C17H16N2O3S3/c1-12-4-7-14(8-5-12)25(20,21)22-19-15(11-18)13-6-9-16(23-2)17(10-13)24-3/h4-10H,1-3H3. The lowest BCUT2D eigenvalue weighted by molar-refractivity contribution is 0.339. The number of benzene rings is 2. The third-order valence-corrected chi connectivity index (χ3v) is 6.12. The van der Waals surface area contributed by atoms with Gasteiger partial charge in [0.15, 0.2) is 5.71 Å². The van der Waals surface area contributed by atoms with Crippen molar-refractivity contribution >= 4 is 39.4 Å². The van der Waals surface area contributed by atoms with E-state index in [9.17, 15) is 13.7 Å². The molecule has 2 rings (SSSR count). The van der Waals surface area contributed by atoms with Crippen LogP contribution in [0, 0.1) is 18.3 Å². The van der Waals surface area contributed by atoms with Crippen LogP contribution in [0.25, 0.3) is 0 Å². The molecule has 0 bridgehead atoms. The second-order valence-electron chi connectivity index (χ2n) is 4.96. The lowest BCUT2D eigenvalue weighted by Gasteiger charge is -2.07. The van der Waals surface area contributed by atoms with Gasteiger partial charge < -0.3 is 0 Å². The summed E-state index contributed by atoms with van der Waals surface area (Å²) in [7, 11) is -4.07. The Bertz CT molecular complexity index is 931. The Hall–Kier alpha value is -1.95. The third kappa shape index (κ3) is 4.78. The van der Waals surface area contributed by atoms with E-state index >= 15 is 0 Å². The number of rotatable bonds is 6. The first-order valence-corrected chi connectivity index (χ1v) is 11.0. The van der Waals surface area contributed by atoms with Gasteiger partial charge in [-0.25, -0.2) is 0 Å². The van der Waals surface area contributed by atoms with Gasteiger partial charge in [0, 0.05) is 15.4 Å². The molecule has 0 saturated carbocycles. The highest BCUT2D eigenvalue weighted by atomic mass is 32.2. The highest BCUT2D eigenvalue weighted by molar-refractivity contribution is 8.01. The lowest BCUT2D eigenvalue weighted by atomic mass is 10.1. The molecule has 0 atom stereocenters. The molecule has 0 aliphatic rings. The summed E-state index contributed by atoms with van der Waals surface area (Å²) >= 11 is 3.13. The first-order chi connectivity index (χ1) is 11.9. The molecule has 2 aromatic rings. The van der Waals surface area contributed by atoms with E-state index in [0.29, 0.717) is 5.56 Å². The predicted octanol–water partition coefficient (Wildman–Crippen LogP) is 4.07. The zero-order chi connectivity index (χ0) is 18.4. The molecule has 0 heterocycles. The quantitative estimate of drug-likeness (QED) is 0.419. The summed E-state index contributed by atoms with van der Waals surface area (Å²) in [5, 5.41) is 12.9. The summed E-state index contributed by atoms with van der Waals surface area (Å²) in [6, 6.07) is 13.5. The topological polar surface area (TPSA) is 79.5 Å². The molecule has 130 valence electrons. The molecule has 0 aromatic heterocycles. The Morgan fingerprint density at radius 2 is 1.72 bits per heavy atom. The number of thioether (sulfide) groups is 2. The fraction of sp³-hybridized carbons (Fsp3) is 0.176. The average Bonchev–Trinajstić information content (AvgIpc) is 2.62. The van der Waals surface area contributed by atoms with E-state index < -0.39 is 10.1 Å². The summed E-state index contributed by atoms with van der Waals surface area (Å²) in [5.41, 5.74) is 1.33. The molecular weight excluding hydrogens is 376 g/mol. The molecule has 25 heavy (non-hydrogen) atoms. The van der Waals surface area contributed by atoms with Gasteiger partial charge in [0.25, 0.3) is 0 Å². The van der Waals surface area contributed by atoms with Crippen molar-refractivity contribution in [3.63, 3.8) is 0 Å². The van der Waals surface area contributed by atoms with Gasteiger partial charge in [-0.3, -0.25) is 4.28 Å². The summed E-state index contributed by atoms with van der Waals surface area (Å²) in [4.78, 5) is 2.04. The second kappa shape index (κ2) is 8.43. The highest BCUT2D eigenvalue weighted by Gasteiger charge is 2.17. The maximum absolute atomic E-state index is 12.2. The normalized spacial score (nSPS) is 11.8. The minimum Gasteiger partial charge on any atom is -0.263 e. The largest absolute Gasteiger partial charge is 0.358 e. The van der Waals surface area contributed by atoms with Crippen LogP contribution in [0.2, 0.25) is 0 Å². The number of hydrogen-bond acceptors (Lipinski definition) is 7. The van der Waals surface area contributed by atoms with Gasteiger partial charge in [-0.15, -0.1) is 23.5 Å². The van der Waals surface area contributed by atoms with Gasteiger partial charge in [-0.05, 0) is 43.7 Å². The van der Waals surface area contributed by atoms with Crippen LogP contribution in [-0.4, -0.2) is 26.6 Å². The van der Waals surface area contributed by atoms with Gasteiger partial charge >= 0.3 is 10.1 Å². The zero-order valence-corrected chi connectivity index (χ0v) is 16.3. The average molecular weight is 393 g/mol. The molecule has 0 aliphatic carbocycles. The van der Waals surface area contributed by atoms with Crippen molar-refractivity contribution in [1.82, 2.24) is 0 Å². The van der Waals surface area contributed by atoms with Gasteiger partial charge in [0.2, 0.25) is 0 Å². The minimum absolute atomic E-state index is 0.0123. The van der Waals surface area contributed by atoms with Crippen molar-refractivity contribution in [1.29, 1.82) is 5.26 Å². The number of nitriles is 1. The highest BCUT2D eigenvalue weighted by Crippen LogP contribution is 2.29. The molecule has 0 amide bonds. The van der Waals surface area contributed by atoms with E-state index in [1.54, 1.807) is 36.0 Å². The van der Waals surface area contributed by atoms with E-state index in [2.05, 4.69) is 5.16 Å². The van der Waals surface area contributed by atoms with Crippen LogP contribution in [0.4, 0.5) is 0 Å². The Morgan fingerprint density at radius 1 is 1.08 bits per heavy atom. The zero-order valence-electron chi connectivity index (χ0n) is 13.9. The summed E-state index contributed by atoms with van der Waals surface area (Å²) in [5.74, 6) is 0. The minimum atomic E-state index is -4.07. The molecule has 0 unspecified atom stereocenters. The van der Waals surface area contributed by atoms with Gasteiger partial charge in [-0.1, -0.05) is 28.9 Å². The molecule has 5 nitrogen and oxygen atoms in total. The Labute approximate surface area is 156 Å². The number of aryl methyl sites for hydroxylation is 1. The van der Waals surface area contributed by atoms with Crippen LogP contribution in [0.15, 0.2) is 62.3 Å². The van der Waals surface area contributed by atoms with Crippen LogP contribution in [0.3, 0.4) is 0 Å². The fourth-order valence-electron chi connectivity index (χ4n) is 1.96. The maximum atomic E-state index is 12.2. The Morgan fingerprint density at radius 3 is 2.28 bits per heavy atom. The molecule has 0 N–H and O–H groups in total. The fourth-order valence-corrected chi connectivity index (χ4v) is 4.16. The van der Waals surface area contributed by atoms with Gasteiger partial charge in [0.1, 0.15) is 11.0 Å². The van der Waals surface area contributed by atoms with Gasteiger partial charge in [0.05, 0.1) is 0 Å². The second-order valence-corrected chi connectivity index (χ2v) is 8.19. The van der Waals surface area contributed by atoms with Crippen LogP contribution in [0.1, 0.15) is 11.1 Å². The third-order valence-electron chi connectivity index (χ3n) is 3.30. The smallest absolute Gasteiger partial charge is 0.263 e. The molecule has 0 fully saturated rings. The van der Waals surface area contributed by atoms with Crippen molar-refractivity contribution in [2.45, 2.75) is 21.6 Å². The molecule has 0 spiro atoms. The molecule has 8 heteroatoms. The molecule has 0 saturated heterocycles. The summed E-state index contributed by atoms with van der Waals surface area (Å²) in [6.07, 6.45) is 3.89. The van der Waals surface area contributed by atoms with E-state index in [-0.39, 0.29) is 10.6 Å². The van der Waals surface area contributed by atoms with Crippen molar-refractivity contribution in [2.75, 3.05) is 12.5 Å². The lowest BCUT2D eigenvalue weighted by Crippen LogP contribution is -2.06. The van der Waals surface area contributed by atoms with E-state index in [1.165, 1.54) is 23.9 Å². The van der Waals surface area contributed by atoms with Crippen molar-refractivity contribution < 1.29 is 12.7 Å². The molecular formula is C17H16N2O3S3. The van der Waals surface area contributed by atoms with Crippen molar-refractivity contribution in [3.05, 3.63) is 53.6 Å². The monoisotopic (exact) mass is 392 g/mol. The van der Waals surface area contributed by atoms with Crippen molar-refractivity contribution in [3.8, 4) is 6.07 Å². The van der Waals surface area contributed by atoms with Gasteiger partial charge in [-0.2, -0.15) is 13.7 Å². The molecule has 0 aliphatic heterocycles. The van der Waals surface area contributed by atoms with Crippen LogP contribution in [0.5, 0.6) is 0 Å². The first-order valence-electron chi connectivity index (χ1n) is 7.12. The Kier molecular flexibility index (Phi) is 6.53. The SMILES string of the molecule is CSc1ccc(C(C#N)=NOS(=O)(=O)c2ccc(C)cc2)cc1SC. The van der Waals surface area contributed by atoms with Crippen LogP contribution < -0.4 is 0 Å². The van der Waals surface area contributed by atoms with Crippen molar-refractivity contribution in [2.24, 2.45) is 5.16 Å². The Balaban J connectivity index is 2.32. The maximum Gasteiger partial charge on any atom is 0.358 e. The number of hydrogen-bond donors (Lipinski definition) is 0. The van der Waals surface area contributed by atoms with Crippen LogP contribution in [-0.2, 0) is 14.4 Å². The van der Waals surface area contributed by atoms with Crippen LogP contribution >= 0.6 is 23.5 Å².